The molecule has 1 aliphatic heterocycles. The summed E-state index contributed by atoms with van der Waals surface area (Å²) in [5, 5.41) is 11.0. The van der Waals surface area contributed by atoms with Crippen molar-refractivity contribution in [3.05, 3.63) is 59.5 Å². The van der Waals surface area contributed by atoms with Gasteiger partial charge >= 0.3 is 0 Å². The van der Waals surface area contributed by atoms with Crippen LogP contribution in [0, 0.1) is 0 Å². The molecule has 2 aromatic heterocycles. The summed E-state index contributed by atoms with van der Waals surface area (Å²) in [6.45, 7) is 2.51. The molecule has 3 aromatic rings. The molecule has 1 N–H and O–H groups in total. The van der Waals surface area contributed by atoms with Crippen LogP contribution in [0.15, 0.2) is 42.6 Å². The summed E-state index contributed by atoms with van der Waals surface area (Å²) >= 11 is 0. The van der Waals surface area contributed by atoms with E-state index >= 15 is 0 Å². The average Bonchev–Trinajstić information content (AvgIpc) is 3.23. The molecule has 4 rings (SSSR count). The fourth-order valence-corrected chi connectivity index (χ4v) is 3.14. The second kappa shape index (κ2) is 6.01. The molecule has 0 bridgehead atoms. The lowest BCUT2D eigenvalue weighted by Crippen LogP contribution is -2.26. The predicted molar refractivity (Wildman–Crippen MR) is 92.3 cm³/mol. The van der Waals surface area contributed by atoms with Crippen molar-refractivity contribution in [2.75, 3.05) is 11.4 Å². The first kappa shape index (κ1) is 15.3. The van der Waals surface area contributed by atoms with Gasteiger partial charge in [-0.1, -0.05) is 6.07 Å². The van der Waals surface area contributed by atoms with Gasteiger partial charge in [-0.05, 0) is 42.3 Å². The number of aromatic nitrogens is 3. The fraction of sp³-hybridized carbons (Fsp3) is 0.222. The number of nitrogens with zero attached hydrogens (tertiary/aromatic N) is 4. The van der Waals surface area contributed by atoms with Crippen LogP contribution in [0.1, 0.15) is 28.7 Å². The highest BCUT2D eigenvalue weighted by molar-refractivity contribution is 5.97. The van der Waals surface area contributed by atoms with Gasteiger partial charge < -0.3 is 10.2 Å². The summed E-state index contributed by atoms with van der Waals surface area (Å²) in [5.74, 6) is 0.527. The smallest absolute Gasteiger partial charge is 0.251 e. The average molecular weight is 335 g/mol. The standard InChI is InChI=1S/C18H17N5O2/c1-12(24)22-9-7-13-10-14(5-6-15(13)22)18(25)19-11-17-21-20-16-4-2-3-8-23(16)17/h2-6,8,10H,7,9,11H2,1H3,(H,19,25). The van der Waals surface area contributed by atoms with Crippen molar-refractivity contribution in [3.63, 3.8) is 0 Å². The highest BCUT2D eigenvalue weighted by atomic mass is 16.2. The Bertz CT molecular complexity index is 979. The summed E-state index contributed by atoms with van der Waals surface area (Å²) in [7, 11) is 0. The van der Waals surface area contributed by atoms with Gasteiger partial charge in [0.25, 0.3) is 5.91 Å². The molecular formula is C18H17N5O2. The van der Waals surface area contributed by atoms with Gasteiger partial charge in [0.15, 0.2) is 11.5 Å². The Balaban J connectivity index is 1.49. The second-order valence-electron chi connectivity index (χ2n) is 5.99. The first-order valence-corrected chi connectivity index (χ1v) is 8.11. The summed E-state index contributed by atoms with van der Waals surface area (Å²) in [6, 6.07) is 11.1. The van der Waals surface area contributed by atoms with E-state index in [9.17, 15) is 9.59 Å². The topological polar surface area (TPSA) is 79.6 Å². The fourth-order valence-electron chi connectivity index (χ4n) is 3.14. The number of hydrogen-bond acceptors (Lipinski definition) is 4. The predicted octanol–water partition coefficient (Wildman–Crippen LogP) is 1.57. The molecule has 7 nitrogen and oxygen atoms in total. The number of pyridine rings is 1. The number of fused-ring (bicyclic) bond motifs is 2. The highest BCUT2D eigenvalue weighted by Crippen LogP contribution is 2.28. The Kier molecular flexibility index (Phi) is 3.68. The van der Waals surface area contributed by atoms with Gasteiger partial charge in [0.05, 0.1) is 6.54 Å². The molecule has 126 valence electrons. The molecule has 0 fully saturated rings. The number of carbonyl (C=O) groups is 2. The Hall–Kier alpha value is -3.22. The largest absolute Gasteiger partial charge is 0.345 e. The minimum absolute atomic E-state index is 0.0228. The van der Waals surface area contributed by atoms with Crippen molar-refractivity contribution >= 4 is 23.1 Å². The van der Waals surface area contributed by atoms with Crippen LogP contribution in [0.25, 0.3) is 5.65 Å². The summed E-state index contributed by atoms with van der Waals surface area (Å²) in [4.78, 5) is 25.8. The van der Waals surface area contributed by atoms with E-state index in [4.69, 9.17) is 0 Å². The monoisotopic (exact) mass is 335 g/mol. The number of rotatable bonds is 3. The maximum atomic E-state index is 12.4. The normalized spacial score (nSPS) is 13.1. The molecule has 0 spiro atoms. The van der Waals surface area contributed by atoms with Gasteiger partial charge in [-0.25, -0.2) is 0 Å². The molecule has 1 aliphatic rings. The maximum Gasteiger partial charge on any atom is 0.251 e. The lowest BCUT2D eigenvalue weighted by atomic mass is 10.1. The van der Waals surface area contributed by atoms with E-state index in [0.717, 1.165) is 23.3 Å². The Labute approximate surface area is 144 Å². The molecule has 0 radical (unpaired) electrons. The van der Waals surface area contributed by atoms with Gasteiger partial charge in [0, 0.05) is 30.9 Å². The van der Waals surface area contributed by atoms with Crippen LogP contribution >= 0.6 is 0 Å². The van der Waals surface area contributed by atoms with E-state index in [0.29, 0.717) is 24.5 Å². The molecular weight excluding hydrogens is 318 g/mol. The van der Waals surface area contributed by atoms with E-state index < -0.39 is 0 Å². The molecule has 0 saturated carbocycles. The van der Waals surface area contributed by atoms with Crippen molar-refractivity contribution < 1.29 is 9.59 Å². The van der Waals surface area contributed by atoms with Gasteiger partial charge in [0.1, 0.15) is 0 Å². The number of hydrogen-bond donors (Lipinski definition) is 1. The van der Waals surface area contributed by atoms with E-state index in [1.807, 2.05) is 40.9 Å². The third-order valence-corrected chi connectivity index (χ3v) is 4.41. The SMILES string of the molecule is CC(=O)N1CCc2cc(C(=O)NCc3nnc4ccccn34)ccc21. The van der Waals surface area contributed by atoms with Crippen LogP contribution in [-0.2, 0) is 17.8 Å². The van der Waals surface area contributed by atoms with Crippen LogP contribution in [0.3, 0.4) is 0 Å². The van der Waals surface area contributed by atoms with Gasteiger partial charge in [0.2, 0.25) is 5.91 Å². The number of anilines is 1. The lowest BCUT2D eigenvalue weighted by Gasteiger charge is -2.14. The second-order valence-corrected chi connectivity index (χ2v) is 5.99. The molecule has 0 atom stereocenters. The van der Waals surface area contributed by atoms with Crippen molar-refractivity contribution in [1.82, 2.24) is 19.9 Å². The number of amides is 2. The summed E-state index contributed by atoms with van der Waals surface area (Å²) in [6.07, 6.45) is 2.63. The van der Waals surface area contributed by atoms with Crippen molar-refractivity contribution in [2.24, 2.45) is 0 Å². The highest BCUT2D eigenvalue weighted by Gasteiger charge is 2.23. The Morgan fingerprint density at radius 1 is 1.20 bits per heavy atom. The number of benzene rings is 1. The molecule has 25 heavy (non-hydrogen) atoms. The quantitative estimate of drug-likeness (QED) is 0.788. The molecule has 2 amide bonds. The van der Waals surface area contributed by atoms with Crippen molar-refractivity contribution in [2.45, 2.75) is 19.9 Å². The van der Waals surface area contributed by atoms with Gasteiger partial charge in [-0.3, -0.25) is 14.0 Å². The number of carbonyl (C=O) groups excluding carboxylic acids is 2. The first-order valence-electron chi connectivity index (χ1n) is 8.11. The van der Waals surface area contributed by atoms with E-state index in [1.165, 1.54) is 0 Å². The molecule has 0 aliphatic carbocycles. The first-order chi connectivity index (χ1) is 12.1. The van der Waals surface area contributed by atoms with Crippen LogP contribution < -0.4 is 10.2 Å². The minimum atomic E-state index is -0.170. The third kappa shape index (κ3) is 2.73. The Morgan fingerprint density at radius 3 is 2.92 bits per heavy atom. The van der Waals surface area contributed by atoms with E-state index in [-0.39, 0.29) is 11.8 Å². The van der Waals surface area contributed by atoms with Crippen molar-refractivity contribution in [3.8, 4) is 0 Å². The van der Waals surface area contributed by atoms with Crippen LogP contribution in [0.2, 0.25) is 0 Å². The zero-order valence-electron chi connectivity index (χ0n) is 13.8. The zero-order valence-corrected chi connectivity index (χ0v) is 13.8. The van der Waals surface area contributed by atoms with E-state index in [1.54, 1.807) is 17.9 Å². The Morgan fingerprint density at radius 2 is 2.08 bits per heavy atom. The molecule has 0 saturated heterocycles. The van der Waals surface area contributed by atoms with Crippen molar-refractivity contribution in [1.29, 1.82) is 0 Å². The van der Waals surface area contributed by atoms with Crippen LogP contribution in [-0.4, -0.2) is 33.0 Å². The summed E-state index contributed by atoms with van der Waals surface area (Å²) in [5.41, 5.74) is 3.25. The zero-order chi connectivity index (χ0) is 17.4. The van der Waals surface area contributed by atoms with Crippen LogP contribution in [0.5, 0.6) is 0 Å². The number of nitrogens with one attached hydrogen (secondary N) is 1. The molecule has 1 aromatic carbocycles. The van der Waals surface area contributed by atoms with Crippen LogP contribution in [0.4, 0.5) is 5.69 Å². The van der Waals surface area contributed by atoms with Gasteiger partial charge in [-0.15, -0.1) is 10.2 Å². The third-order valence-electron chi connectivity index (χ3n) is 4.41. The molecule has 3 heterocycles. The van der Waals surface area contributed by atoms with E-state index in [2.05, 4.69) is 15.5 Å². The maximum absolute atomic E-state index is 12.4. The molecule has 7 heteroatoms. The lowest BCUT2D eigenvalue weighted by molar-refractivity contribution is -0.116. The van der Waals surface area contributed by atoms with Gasteiger partial charge in [-0.2, -0.15) is 0 Å². The summed E-state index contributed by atoms with van der Waals surface area (Å²) < 4.78 is 1.84. The minimum Gasteiger partial charge on any atom is -0.345 e. The molecule has 0 unspecified atom stereocenters.